The van der Waals surface area contributed by atoms with E-state index in [1.807, 2.05) is 6.92 Å². The molecule has 104 valence electrons. The number of aryl methyl sites for hydroxylation is 1. The van der Waals surface area contributed by atoms with Crippen LogP contribution in [0.4, 0.5) is 5.82 Å². The average Bonchev–Trinajstić information content (AvgIpc) is 2.45. The molecule has 0 radical (unpaired) electrons. The highest BCUT2D eigenvalue weighted by Gasteiger charge is 2.27. The second-order valence-corrected chi connectivity index (χ2v) is 4.86. The van der Waals surface area contributed by atoms with Crippen LogP contribution in [0.25, 0.3) is 0 Å². The first-order valence-corrected chi connectivity index (χ1v) is 6.53. The summed E-state index contributed by atoms with van der Waals surface area (Å²) in [4.78, 5) is 18.4. The molecule has 0 aliphatic carbocycles. The van der Waals surface area contributed by atoms with Gasteiger partial charge in [0.2, 0.25) is 0 Å². The van der Waals surface area contributed by atoms with Gasteiger partial charge in [-0.2, -0.15) is 0 Å². The van der Waals surface area contributed by atoms with E-state index in [-0.39, 0.29) is 18.6 Å². The van der Waals surface area contributed by atoms with Crippen molar-refractivity contribution in [2.24, 2.45) is 5.84 Å². The molecule has 1 aromatic heterocycles. The Bertz CT molecular complexity index is 464. The summed E-state index contributed by atoms with van der Waals surface area (Å²) in [6, 6.07) is 3.30. The van der Waals surface area contributed by atoms with Crippen molar-refractivity contribution in [1.29, 1.82) is 0 Å². The molecule has 19 heavy (non-hydrogen) atoms. The Balaban J connectivity index is 2.24. The lowest BCUT2D eigenvalue weighted by atomic mass is 10.0. The Labute approximate surface area is 112 Å². The highest BCUT2D eigenvalue weighted by molar-refractivity contribution is 5.95. The molecule has 0 bridgehead atoms. The van der Waals surface area contributed by atoms with Gasteiger partial charge in [0.1, 0.15) is 5.82 Å². The summed E-state index contributed by atoms with van der Waals surface area (Å²) < 4.78 is 0. The molecule has 1 unspecified atom stereocenters. The third-order valence-electron chi connectivity index (χ3n) is 3.45. The fourth-order valence-electron chi connectivity index (χ4n) is 2.49. The number of anilines is 1. The lowest BCUT2D eigenvalue weighted by Gasteiger charge is -2.34. The number of hydrogen-bond acceptors (Lipinski definition) is 5. The number of aromatic nitrogens is 1. The van der Waals surface area contributed by atoms with Crippen molar-refractivity contribution in [2.45, 2.75) is 32.2 Å². The molecule has 2 heterocycles. The fourth-order valence-corrected chi connectivity index (χ4v) is 2.49. The van der Waals surface area contributed by atoms with Crippen molar-refractivity contribution in [3.8, 4) is 0 Å². The molecule has 1 aliphatic heterocycles. The fraction of sp³-hybridized carbons (Fsp3) is 0.538. The number of nitrogens with zero attached hydrogens (tertiary/aromatic N) is 2. The molecule has 1 fully saturated rings. The normalized spacial score (nSPS) is 19.3. The van der Waals surface area contributed by atoms with E-state index in [1.165, 1.54) is 0 Å². The van der Waals surface area contributed by atoms with Gasteiger partial charge >= 0.3 is 0 Å². The Morgan fingerprint density at radius 2 is 2.37 bits per heavy atom. The Hall–Kier alpha value is -1.66. The van der Waals surface area contributed by atoms with Crippen LogP contribution in [0.3, 0.4) is 0 Å². The van der Waals surface area contributed by atoms with Crippen LogP contribution in [-0.2, 0) is 0 Å². The van der Waals surface area contributed by atoms with E-state index in [4.69, 9.17) is 5.84 Å². The van der Waals surface area contributed by atoms with Crippen LogP contribution in [0.5, 0.6) is 0 Å². The minimum Gasteiger partial charge on any atom is -0.394 e. The van der Waals surface area contributed by atoms with Gasteiger partial charge in [0, 0.05) is 17.8 Å². The highest BCUT2D eigenvalue weighted by atomic mass is 16.3. The van der Waals surface area contributed by atoms with Crippen LogP contribution < -0.4 is 11.3 Å². The standard InChI is InChI=1S/C13H20N4O2/c1-9-6-10(7-12(15-9)16-14)13(19)17-5-3-2-4-11(17)8-18/h6-7,11,18H,2-5,8,14H2,1H3,(H,15,16). The molecule has 0 spiro atoms. The molecule has 1 atom stereocenters. The quantitative estimate of drug-likeness (QED) is 0.551. The number of aliphatic hydroxyl groups is 1. The number of hydrogen-bond donors (Lipinski definition) is 3. The Morgan fingerprint density at radius 3 is 3.05 bits per heavy atom. The summed E-state index contributed by atoms with van der Waals surface area (Å²) in [5.74, 6) is 5.75. The molecule has 6 nitrogen and oxygen atoms in total. The summed E-state index contributed by atoms with van der Waals surface area (Å²) in [7, 11) is 0. The predicted molar refractivity (Wildman–Crippen MR) is 72.5 cm³/mol. The first-order chi connectivity index (χ1) is 9.15. The number of likely N-dealkylation sites (tertiary alicyclic amines) is 1. The summed E-state index contributed by atoms with van der Waals surface area (Å²) in [5, 5.41) is 9.37. The molecule has 0 saturated carbocycles. The molecule has 1 aliphatic rings. The van der Waals surface area contributed by atoms with Crippen LogP contribution in [0.1, 0.15) is 35.3 Å². The topological polar surface area (TPSA) is 91.5 Å². The summed E-state index contributed by atoms with van der Waals surface area (Å²) >= 11 is 0. The number of carbonyl (C=O) groups excluding carboxylic acids is 1. The number of aliphatic hydroxyl groups excluding tert-OH is 1. The Morgan fingerprint density at radius 1 is 1.58 bits per heavy atom. The summed E-state index contributed by atoms with van der Waals surface area (Å²) in [5.41, 5.74) is 3.75. The van der Waals surface area contributed by atoms with Crippen LogP contribution >= 0.6 is 0 Å². The van der Waals surface area contributed by atoms with Crippen molar-refractivity contribution in [2.75, 3.05) is 18.6 Å². The van der Waals surface area contributed by atoms with Gasteiger partial charge in [0.05, 0.1) is 12.6 Å². The molecular weight excluding hydrogens is 244 g/mol. The zero-order valence-electron chi connectivity index (χ0n) is 11.1. The summed E-state index contributed by atoms with van der Waals surface area (Å²) in [6.45, 7) is 2.52. The number of rotatable bonds is 3. The molecule has 1 amide bonds. The maximum absolute atomic E-state index is 12.5. The number of carbonyl (C=O) groups is 1. The van der Waals surface area contributed by atoms with Crippen molar-refractivity contribution < 1.29 is 9.90 Å². The van der Waals surface area contributed by atoms with Crippen LogP contribution in [0, 0.1) is 6.92 Å². The van der Waals surface area contributed by atoms with Gasteiger partial charge in [-0.25, -0.2) is 10.8 Å². The van der Waals surface area contributed by atoms with Crippen LogP contribution in [0.2, 0.25) is 0 Å². The van der Waals surface area contributed by atoms with E-state index in [2.05, 4.69) is 10.4 Å². The van der Waals surface area contributed by atoms with Gasteiger partial charge in [-0.15, -0.1) is 0 Å². The monoisotopic (exact) mass is 264 g/mol. The van der Waals surface area contributed by atoms with E-state index in [0.717, 1.165) is 25.0 Å². The lowest BCUT2D eigenvalue weighted by Crippen LogP contribution is -2.45. The minimum absolute atomic E-state index is 0.0117. The number of pyridine rings is 1. The maximum atomic E-state index is 12.5. The third kappa shape index (κ3) is 3.02. The van der Waals surface area contributed by atoms with Gasteiger partial charge < -0.3 is 15.4 Å². The second kappa shape index (κ2) is 5.99. The van der Waals surface area contributed by atoms with Crippen molar-refractivity contribution in [3.05, 3.63) is 23.4 Å². The number of hydrazine groups is 1. The van der Waals surface area contributed by atoms with E-state index >= 15 is 0 Å². The Kier molecular flexibility index (Phi) is 4.34. The van der Waals surface area contributed by atoms with Crippen molar-refractivity contribution in [1.82, 2.24) is 9.88 Å². The summed E-state index contributed by atoms with van der Waals surface area (Å²) in [6.07, 6.45) is 2.89. The number of nitrogens with two attached hydrogens (primary N) is 1. The van der Waals surface area contributed by atoms with E-state index in [9.17, 15) is 9.90 Å². The van der Waals surface area contributed by atoms with Crippen LogP contribution in [0.15, 0.2) is 12.1 Å². The van der Waals surface area contributed by atoms with E-state index < -0.39 is 0 Å². The van der Waals surface area contributed by atoms with Crippen molar-refractivity contribution in [3.63, 3.8) is 0 Å². The maximum Gasteiger partial charge on any atom is 0.254 e. The zero-order chi connectivity index (χ0) is 13.8. The SMILES string of the molecule is Cc1cc(C(=O)N2CCCCC2CO)cc(NN)n1. The number of nitrogen functional groups attached to an aromatic ring is 1. The van der Waals surface area contributed by atoms with Gasteiger partial charge in [0.25, 0.3) is 5.91 Å². The number of piperidine rings is 1. The van der Waals surface area contributed by atoms with Gasteiger partial charge in [-0.05, 0) is 38.3 Å². The smallest absolute Gasteiger partial charge is 0.254 e. The number of amides is 1. The van der Waals surface area contributed by atoms with Gasteiger partial charge in [0.15, 0.2) is 0 Å². The first-order valence-electron chi connectivity index (χ1n) is 6.53. The minimum atomic E-state index is -0.0796. The third-order valence-corrected chi connectivity index (χ3v) is 3.45. The first kappa shape index (κ1) is 13.8. The number of nitrogens with one attached hydrogen (secondary N) is 1. The molecule has 4 N–H and O–H groups in total. The van der Waals surface area contributed by atoms with Crippen molar-refractivity contribution >= 4 is 11.7 Å². The largest absolute Gasteiger partial charge is 0.394 e. The zero-order valence-corrected chi connectivity index (χ0v) is 11.1. The highest BCUT2D eigenvalue weighted by Crippen LogP contribution is 2.20. The van der Waals surface area contributed by atoms with Gasteiger partial charge in [-0.1, -0.05) is 0 Å². The predicted octanol–water partition coefficient (Wildman–Crippen LogP) is 0.663. The molecule has 1 saturated heterocycles. The van der Waals surface area contributed by atoms with Crippen LogP contribution in [-0.4, -0.2) is 40.1 Å². The average molecular weight is 264 g/mol. The lowest BCUT2D eigenvalue weighted by molar-refractivity contribution is 0.0503. The molecule has 2 rings (SSSR count). The molecular formula is C13H20N4O2. The molecule has 6 heteroatoms. The molecule has 0 aromatic carbocycles. The van der Waals surface area contributed by atoms with Gasteiger partial charge in [-0.3, -0.25) is 4.79 Å². The van der Waals surface area contributed by atoms with E-state index in [1.54, 1.807) is 17.0 Å². The second-order valence-electron chi connectivity index (χ2n) is 4.86. The van der Waals surface area contributed by atoms with E-state index in [0.29, 0.717) is 17.9 Å². The molecule has 1 aromatic rings.